The van der Waals surface area contributed by atoms with Gasteiger partial charge in [-0.2, -0.15) is 15.4 Å². The maximum atomic E-state index is 11.1. The predicted molar refractivity (Wildman–Crippen MR) is 72.2 cm³/mol. The Kier molecular flexibility index (Phi) is 2.74. The highest BCUT2D eigenvalue weighted by atomic mass is 16.4. The van der Waals surface area contributed by atoms with Crippen molar-refractivity contribution < 1.29 is 9.90 Å². The van der Waals surface area contributed by atoms with E-state index in [-0.39, 0.29) is 6.54 Å². The summed E-state index contributed by atoms with van der Waals surface area (Å²) in [5.74, 6) is -0.423. The summed E-state index contributed by atoms with van der Waals surface area (Å²) in [5, 5.41) is 19.3. The minimum atomic E-state index is -0.924. The summed E-state index contributed by atoms with van der Waals surface area (Å²) in [6.07, 6.45) is 1.53. The Morgan fingerprint density at radius 1 is 1.35 bits per heavy atom. The molecule has 2 heterocycles. The highest BCUT2D eigenvalue weighted by Crippen LogP contribution is 2.25. The number of carboxylic acids is 1. The van der Waals surface area contributed by atoms with Crippen molar-refractivity contribution in [3.05, 3.63) is 29.5 Å². The van der Waals surface area contributed by atoms with Gasteiger partial charge < -0.3 is 9.67 Å². The number of nitrogens with zero attached hydrogens (tertiary/aromatic N) is 4. The maximum absolute atomic E-state index is 11.1. The van der Waals surface area contributed by atoms with E-state index in [9.17, 15) is 4.79 Å². The number of aromatic nitrogens is 5. The number of H-pyrrole nitrogens is 1. The molecule has 102 valence electrons. The van der Waals surface area contributed by atoms with Gasteiger partial charge in [0.1, 0.15) is 12.2 Å². The van der Waals surface area contributed by atoms with Crippen molar-refractivity contribution in [2.24, 2.45) is 0 Å². The summed E-state index contributed by atoms with van der Waals surface area (Å²) in [6.45, 7) is 3.82. The Balaban J connectivity index is 2.30. The van der Waals surface area contributed by atoms with Crippen LogP contribution in [0.4, 0.5) is 0 Å². The van der Waals surface area contributed by atoms with Crippen molar-refractivity contribution in [2.45, 2.75) is 20.4 Å². The zero-order chi connectivity index (χ0) is 14.3. The van der Waals surface area contributed by atoms with Crippen molar-refractivity contribution in [1.29, 1.82) is 0 Å². The van der Waals surface area contributed by atoms with Crippen molar-refractivity contribution in [3.8, 4) is 11.5 Å². The van der Waals surface area contributed by atoms with Crippen molar-refractivity contribution in [2.75, 3.05) is 0 Å². The number of carboxylic acid groups (broad SMARTS) is 1. The number of benzene rings is 1. The van der Waals surface area contributed by atoms with E-state index in [0.29, 0.717) is 11.5 Å². The van der Waals surface area contributed by atoms with E-state index in [0.717, 1.165) is 22.2 Å². The molecule has 0 unspecified atom stereocenters. The van der Waals surface area contributed by atoms with E-state index in [1.54, 1.807) is 4.57 Å². The van der Waals surface area contributed by atoms with Crippen LogP contribution in [0.1, 0.15) is 11.1 Å². The SMILES string of the molecule is Cc1cc2nc(-c3cn[nH]n3)n(CC(=O)O)c2cc1C. The van der Waals surface area contributed by atoms with E-state index >= 15 is 0 Å². The lowest BCUT2D eigenvalue weighted by molar-refractivity contribution is -0.137. The molecule has 0 aliphatic rings. The summed E-state index contributed by atoms with van der Waals surface area (Å²) in [6, 6.07) is 3.90. The van der Waals surface area contributed by atoms with Crippen molar-refractivity contribution >= 4 is 17.0 Å². The highest BCUT2D eigenvalue weighted by Gasteiger charge is 2.17. The molecule has 0 atom stereocenters. The Morgan fingerprint density at radius 2 is 2.10 bits per heavy atom. The summed E-state index contributed by atoms with van der Waals surface area (Å²) in [7, 11) is 0. The molecule has 0 aliphatic carbocycles. The van der Waals surface area contributed by atoms with E-state index in [1.807, 2.05) is 26.0 Å². The molecule has 2 aromatic heterocycles. The molecule has 3 rings (SSSR count). The number of nitrogens with one attached hydrogen (secondary N) is 1. The molecule has 0 radical (unpaired) electrons. The average molecular weight is 271 g/mol. The third-order valence-corrected chi connectivity index (χ3v) is 3.30. The number of imidazole rings is 1. The number of hydrogen-bond donors (Lipinski definition) is 2. The van der Waals surface area contributed by atoms with Gasteiger partial charge in [0.15, 0.2) is 5.82 Å². The molecule has 1 aromatic carbocycles. The minimum Gasteiger partial charge on any atom is -0.480 e. The standard InChI is InChI=1S/C13H13N5O2/c1-7-3-9-11(4-8(7)2)18(6-12(19)20)13(15-9)10-5-14-17-16-10/h3-5H,6H2,1-2H3,(H,19,20)(H,14,16,17). The number of carbonyl (C=O) groups is 1. The number of aromatic amines is 1. The first-order valence-corrected chi connectivity index (χ1v) is 6.11. The molecule has 0 saturated carbocycles. The van der Waals surface area contributed by atoms with Crippen LogP contribution in [0.3, 0.4) is 0 Å². The first-order valence-electron chi connectivity index (χ1n) is 6.11. The van der Waals surface area contributed by atoms with Crippen LogP contribution in [0.5, 0.6) is 0 Å². The molecule has 0 amide bonds. The fraction of sp³-hybridized carbons (Fsp3) is 0.231. The minimum absolute atomic E-state index is 0.165. The molecule has 7 heteroatoms. The fourth-order valence-electron chi connectivity index (χ4n) is 2.18. The summed E-state index contributed by atoms with van der Waals surface area (Å²) in [5.41, 5.74) is 4.28. The van der Waals surface area contributed by atoms with Crippen LogP contribution in [-0.4, -0.2) is 36.0 Å². The summed E-state index contributed by atoms with van der Waals surface area (Å²) < 4.78 is 1.64. The average Bonchev–Trinajstić information content (AvgIpc) is 2.99. The molecule has 3 aromatic rings. The Morgan fingerprint density at radius 3 is 2.75 bits per heavy atom. The number of aryl methyl sites for hydroxylation is 2. The second kappa shape index (κ2) is 4.44. The first kappa shape index (κ1) is 12.3. The lowest BCUT2D eigenvalue weighted by atomic mass is 10.1. The topological polar surface area (TPSA) is 96.7 Å². The lowest BCUT2D eigenvalue weighted by Gasteiger charge is -2.05. The molecule has 0 saturated heterocycles. The largest absolute Gasteiger partial charge is 0.480 e. The van der Waals surface area contributed by atoms with Crippen LogP contribution in [0, 0.1) is 13.8 Å². The lowest BCUT2D eigenvalue weighted by Crippen LogP contribution is -2.10. The van der Waals surface area contributed by atoms with Gasteiger partial charge in [0.2, 0.25) is 0 Å². The normalized spacial score (nSPS) is 11.1. The molecule has 20 heavy (non-hydrogen) atoms. The fourth-order valence-corrected chi connectivity index (χ4v) is 2.18. The van der Waals surface area contributed by atoms with Crippen molar-refractivity contribution in [1.82, 2.24) is 25.0 Å². The van der Waals surface area contributed by atoms with E-state index in [1.165, 1.54) is 6.20 Å². The number of aliphatic carboxylic acids is 1. The Hall–Kier alpha value is -2.70. The number of rotatable bonds is 3. The molecule has 0 bridgehead atoms. The smallest absolute Gasteiger partial charge is 0.323 e. The van der Waals surface area contributed by atoms with Crippen LogP contribution in [0.25, 0.3) is 22.6 Å². The van der Waals surface area contributed by atoms with E-state index < -0.39 is 5.97 Å². The molecular formula is C13H13N5O2. The van der Waals surface area contributed by atoms with Gasteiger partial charge in [-0.15, -0.1) is 0 Å². The molecule has 7 nitrogen and oxygen atoms in total. The van der Waals surface area contributed by atoms with Gasteiger partial charge in [0.25, 0.3) is 0 Å². The predicted octanol–water partition coefficient (Wildman–Crippen LogP) is 1.52. The zero-order valence-electron chi connectivity index (χ0n) is 11.1. The molecule has 0 aliphatic heterocycles. The molecular weight excluding hydrogens is 258 g/mol. The monoisotopic (exact) mass is 271 g/mol. The van der Waals surface area contributed by atoms with E-state index in [4.69, 9.17) is 5.11 Å². The number of fused-ring (bicyclic) bond motifs is 1. The van der Waals surface area contributed by atoms with Gasteiger partial charge in [-0.3, -0.25) is 4.79 Å². The second-order valence-corrected chi connectivity index (χ2v) is 4.70. The zero-order valence-corrected chi connectivity index (χ0v) is 11.1. The highest BCUT2D eigenvalue weighted by molar-refractivity contribution is 5.83. The Labute approximate surface area is 114 Å². The summed E-state index contributed by atoms with van der Waals surface area (Å²) in [4.78, 5) is 15.6. The van der Waals surface area contributed by atoms with Crippen molar-refractivity contribution in [3.63, 3.8) is 0 Å². The van der Waals surface area contributed by atoms with Gasteiger partial charge in [-0.05, 0) is 37.1 Å². The molecule has 2 N–H and O–H groups in total. The van der Waals surface area contributed by atoms with Gasteiger partial charge in [0.05, 0.1) is 17.2 Å². The maximum Gasteiger partial charge on any atom is 0.323 e. The van der Waals surface area contributed by atoms with E-state index in [2.05, 4.69) is 20.4 Å². The third-order valence-electron chi connectivity index (χ3n) is 3.30. The first-order chi connectivity index (χ1) is 9.56. The van der Waals surface area contributed by atoms with Gasteiger partial charge >= 0.3 is 5.97 Å². The third kappa shape index (κ3) is 1.93. The molecule has 0 spiro atoms. The number of hydrogen-bond acceptors (Lipinski definition) is 4. The van der Waals surface area contributed by atoms with Crippen LogP contribution < -0.4 is 0 Å². The summed E-state index contributed by atoms with van der Waals surface area (Å²) >= 11 is 0. The van der Waals surface area contributed by atoms with Crippen LogP contribution in [0.15, 0.2) is 18.3 Å². The van der Waals surface area contributed by atoms with Crippen LogP contribution in [0.2, 0.25) is 0 Å². The van der Waals surface area contributed by atoms with Crippen LogP contribution in [-0.2, 0) is 11.3 Å². The quantitative estimate of drug-likeness (QED) is 0.752. The van der Waals surface area contributed by atoms with Gasteiger partial charge in [0, 0.05) is 0 Å². The Bertz CT molecular complexity index is 789. The second-order valence-electron chi connectivity index (χ2n) is 4.70. The van der Waals surface area contributed by atoms with Gasteiger partial charge in [-0.25, -0.2) is 4.98 Å². The van der Waals surface area contributed by atoms with Crippen LogP contribution >= 0.6 is 0 Å². The van der Waals surface area contributed by atoms with Gasteiger partial charge in [-0.1, -0.05) is 0 Å². The molecule has 0 fully saturated rings.